The number of piperazine rings is 1. The summed E-state index contributed by atoms with van der Waals surface area (Å²) in [6.07, 6.45) is 0. The standard InChI is InChI=1S/C14H20Cl2N2/c1-9(2)14-7-17-10(3)8-18(14)13-6-11(15)4-5-12(13)16/h4-6,9-10,14,17H,7-8H2,1-3H3. The van der Waals surface area contributed by atoms with Gasteiger partial charge in [0.2, 0.25) is 0 Å². The molecule has 0 spiro atoms. The van der Waals surface area contributed by atoms with E-state index >= 15 is 0 Å². The Bertz CT molecular complexity index is 420. The van der Waals surface area contributed by atoms with Gasteiger partial charge in [-0.3, -0.25) is 0 Å². The Kier molecular flexibility index (Phi) is 4.41. The predicted octanol–water partition coefficient (Wildman–Crippen LogP) is 3.82. The van der Waals surface area contributed by atoms with E-state index in [0.717, 1.165) is 28.8 Å². The molecule has 1 aliphatic rings. The second kappa shape index (κ2) is 5.68. The van der Waals surface area contributed by atoms with Crippen LogP contribution in [0.4, 0.5) is 5.69 Å². The van der Waals surface area contributed by atoms with E-state index in [1.807, 2.05) is 18.2 Å². The summed E-state index contributed by atoms with van der Waals surface area (Å²) in [5.41, 5.74) is 1.05. The minimum Gasteiger partial charge on any atom is -0.364 e. The van der Waals surface area contributed by atoms with Gasteiger partial charge in [-0.05, 0) is 31.0 Å². The Labute approximate surface area is 119 Å². The van der Waals surface area contributed by atoms with Gasteiger partial charge in [0, 0.05) is 30.2 Å². The van der Waals surface area contributed by atoms with E-state index in [0.29, 0.717) is 18.0 Å². The first-order valence-electron chi connectivity index (χ1n) is 6.44. The van der Waals surface area contributed by atoms with E-state index in [1.54, 1.807) is 0 Å². The topological polar surface area (TPSA) is 15.3 Å². The zero-order valence-corrected chi connectivity index (χ0v) is 12.6. The Morgan fingerprint density at radius 2 is 2.06 bits per heavy atom. The van der Waals surface area contributed by atoms with Crippen LogP contribution in [-0.2, 0) is 0 Å². The van der Waals surface area contributed by atoms with Crippen molar-refractivity contribution in [2.24, 2.45) is 5.92 Å². The Morgan fingerprint density at radius 3 is 2.72 bits per heavy atom. The van der Waals surface area contributed by atoms with Gasteiger partial charge in [0.05, 0.1) is 10.7 Å². The third kappa shape index (κ3) is 2.93. The fourth-order valence-corrected chi connectivity index (χ4v) is 2.90. The van der Waals surface area contributed by atoms with E-state index in [9.17, 15) is 0 Å². The molecule has 0 bridgehead atoms. The lowest BCUT2D eigenvalue weighted by Crippen LogP contribution is -2.57. The SMILES string of the molecule is CC1CN(c2cc(Cl)ccc2Cl)C(C(C)C)CN1. The van der Waals surface area contributed by atoms with E-state index in [-0.39, 0.29) is 0 Å². The number of halogens is 2. The highest BCUT2D eigenvalue weighted by Crippen LogP contribution is 2.32. The molecule has 0 aliphatic carbocycles. The zero-order chi connectivity index (χ0) is 13.3. The van der Waals surface area contributed by atoms with Crippen LogP contribution in [0.2, 0.25) is 10.0 Å². The van der Waals surface area contributed by atoms with Crippen molar-refractivity contribution in [3.05, 3.63) is 28.2 Å². The Balaban J connectivity index is 2.34. The molecular weight excluding hydrogens is 267 g/mol. The molecule has 2 atom stereocenters. The van der Waals surface area contributed by atoms with Crippen molar-refractivity contribution in [1.82, 2.24) is 5.32 Å². The van der Waals surface area contributed by atoms with E-state index in [1.165, 1.54) is 0 Å². The van der Waals surface area contributed by atoms with Crippen LogP contribution in [0.1, 0.15) is 20.8 Å². The minimum absolute atomic E-state index is 0.456. The summed E-state index contributed by atoms with van der Waals surface area (Å²) in [4.78, 5) is 2.39. The fraction of sp³-hybridized carbons (Fsp3) is 0.571. The molecule has 4 heteroatoms. The molecular formula is C14H20Cl2N2. The molecule has 1 aromatic carbocycles. The summed E-state index contributed by atoms with van der Waals surface area (Å²) in [6.45, 7) is 8.63. The van der Waals surface area contributed by atoms with Crippen molar-refractivity contribution in [3.8, 4) is 0 Å². The summed E-state index contributed by atoms with van der Waals surface area (Å²) >= 11 is 12.4. The lowest BCUT2D eigenvalue weighted by molar-refractivity contribution is 0.349. The minimum atomic E-state index is 0.456. The first kappa shape index (κ1) is 14.0. The van der Waals surface area contributed by atoms with Crippen LogP contribution >= 0.6 is 23.2 Å². The third-order valence-electron chi connectivity index (χ3n) is 3.53. The summed E-state index contributed by atoms with van der Waals surface area (Å²) in [7, 11) is 0. The van der Waals surface area contributed by atoms with Crippen molar-refractivity contribution >= 4 is 28.9 Å². The summed E-state index contributed by atoms with van der Waals surface area (Å²) in [5.74, 6) is 0.569. The molecule has 2 unspecified atom stereocenters. The first-order valence-corrected chi connectivity index (χ1v) is 7.19. The number of anilines is 1. The van der Waals surface area contributed by atoms with Crippen molar-refractivity contribution in [3.63, 3.8) is 0 Å². The molecule has 0 radical (unpaired) electrons. The Hall–Kier alpha value is -0.440. The van der Waals surface area contributed by atoms with Gasteiger partial charge < -0.3 is 10.2 Å². The number of hydrogen-bond acceptors (Lipinski definition) is 2. The molecule has 18 heavy (non-hydrogen) atoms. The lowest BCUT2D eigenvalue weighted by atomic mass is 9.98. The maximum absolute atomic E-state index is 6.33. The average molecular weight is 287 g/mol. The molecule has 1 N–H and O–H groups in total. The molecule has 0 aromatic heterocycles. The first-order chi connectivity index (χ1) is 8.49. The molecule has 1 heterocycles. The van der Waals surface area contributed by atoms with E-state index < -0.39 is 0 Å². The van der Waals surface area contributed by atoms with E-state index in [2.05, 4.69) is 31.0 Å². The smallest absolute Gasteiger partial charge is 0.0640 e. The second-order valence-electron chi connectivity index (χ2n) is 5.37. The largest absolute Gasteiger partial charge is 0.364 e. The van der Waals surface area contributed by atoms with Crippen LogP contribution in [0.5, 0.6) is 0 Å². The summed E-state index contributed by atoms with van der Waals surface area (Å²) in [5, 5.41) is 5.05. The average Bonchev–Trinajstić information content (AvgIpc) is 2.31. The summed E-state index contributed by atoms with van der Waals surface area (Å²) in [6, 6.07) is 6.61. The van der Waals surface area contributed by atoms with Gasteiger partial charge in [-0.2, -0.15) is 0 Å². The van der Waals surface area contributed by atoms with Crippen LogP contribution in [0, 0.1) is 5.92 Å². The van der Waals surface area contributed by atoms with Gasteiger partial charge in [0.1, 0.15) is 0 Å². The number of hydrogen-bond donors (Lipinski definition) is 1. The van der Waals surface area contributed by atoms with Gasteiger partial charge in [-0.1, -0.05) is 37.0 Å². The summed E-state index contributed by atoms with van der Waals surface area (Å²) < 4.78 is 0. The monoisotopic (exact) mass is 286 g/mol. The highest BCUT2D eigenvalue weighted by Gasteiger charge is 2.29. The van der Waals surface area contributed by atoms with E-state index in [4.69, 9.17) is 23.2 Å². The zero-order valence-electron chi connectivity index (χ0n) is 11.1. The Morgan fingerprint density at radius 1 is 1.33 bits per heavy atom. The molecule has 1 aliphatic heterocycles. The normalized spacial score (nSPS) is 24.7. The van der Waals surface area contributed by atoms with Crippen molar-refractivity contribution in [2.75, 3.05) is 18.0 Å². The molecule has 1 aromatic rings. The van der Waals surface area contributed by atoms with Crippen molar-refractivity contribution in [1.29, 1.82) is 0 Å². The second-order valence-corrected chi connectivity index (χ2v) is 6.21. The molecule has 0 saturated carbocycles. The molecule has 2 nitrogen and oxygen atoms in total. The van der Waals surface area contributed by atoms with Gasteiger partial charge in [0.25, 0.3) is 0 Å². The lowest BCUT2D eigenvalue weighted by Gasteiger charge is -2.43. The third-order valence-corrected chi connectivity index (χ3v) is 4.09. The number of nitrogens with zero attached hydrogens (tertiary/aromatic N) is 1. The molecule has 100 valence electrons. The van der Waals surface area contributed by atoms with Gasteiger partial charge in [-0.25, -0.2) is 0 Å². The quantitative estimate of drug-likeness (QED) is 0.889. The van der Waals surface area contributed by atoms with Gasteiger partial charge in [0.15, 0.2) is 0 Å². The van der Waals surface area contributed by atoms with Crippen molar-refractivity contribution < 1.29 is 0 Å². The van der Waals surface area contributed by atoms with Crippen LogP contribution in [0.3, 0.4) is 0 Å². The van der Waals surface area contributed by atoms with Crippen LogP contribution in [0.15, 0.2) is 18.2 Å². The van der Waals surface area contributed by atoms with Gasteiger partial charge >= 0.3 is 0 Å². The maximum Gasteiger partial charge on any atom is 0.0640 e. The highest BCUT2D eigenvalue weighted by atomic mass is 35.5. The van der Waals surface area contributed by atoms with Crippen LogP contribution in [0.25, 0.3) is 0 Å². The van der Waals surface area contributed by atoms with Crippen LogP contribution < -0.4 is 10.2 Å². The number of benzene rings is 1. The fourth-order valence-electron chi connectivity index (χ4n) is 2.51. The molecule has 1 fully saturated rings. The maximum atomic E-state index is 6.33. The predicted molar refractivity (Wildman–Crippen MR) is 79.9 cm³/mol. The number of rotatable bonds is 2. The molecule has 2 rings (SSSR count). The van der Waals surface area contributed by atoms with Crippen molar-refractivity contribution in [2.45, 2.75) is 32.9 Å². The van der Waals surface area contributed by atoms with Gasteiger partial charge in [-0.15, -0.1) is 0 Å². The number of nitrogens with one attached hydrogen (secondary N) is 1. The highest BCUT2D eigenvalue weighted by molar-refractivity contribution is 6.35. The molecule has 0 amide bonds. The molecule has 1 saturated heterocycles. The van der Waals surface area contributed by atoms with Crippen LogP contribution in [-0.4, -0.2) is 25.2 Å².